The number of nitrogens with one attached hydrogen (secondary N) is 1. The molecule has 1 amide bonds. The van der Waals surface area contributed by atoms with Crippen LogP contribution in [0.1, 0.15) is 43.8 Å². The molecule has 1 aliphatic rings. The van der Waals surface area contributed by atoms with Crippen molar-refractivity contribution in [2.75, 3.05) is 19.6 Å². The van der Waals surface area contributed by atoms with Crippen LogP contribution in [0.3, 0.4) is 0 Å². The summed E-state index contributed by atoms with van der Waals surface area (Å²) in [6.07, 6.45) is 1.16. The van der Waals surface area contributed by atoms with E-state index in [4.69, 9.17) is 0 Å². The molecule has 4 heteroatoms. The fraction of sp³-hybridized carbons (Fsp3) is 0.688. The van der Waals surface area contributed by atoms with Gasteiger partial charge in [0.15, 0.2) is 0 Å². The number of piperidine rings is 1. The van der Waals surface area contributed by atoms with Crippen LogP contribution in [0.4, 0.5) is 0 Å². The molecule has 2 atom stereocenters. The van der Waals surface area contributed by atoms with Crippen LogP contribution in [0.5, 0.6) is 0 Å². The Morgan fingerprint density at radius 2 is 2.20 bits per heavy atom. The highest BCUT2D eigenvalue weighted by molar-refractivity contribution is 7.12. The second-order valence-electron chi connectivity index (χ2n) is 7.17. The van der Waals surface area contributed by atoms with Gasteiger partial charge in [-0.3, -0.25) is 4.79 Å². The van der Waals surface area contributed by atoms with E-state index in [9.17, 15) is 4.79 Å². The molecule has 0 aromatic carbocycles. The number of likely N-dealkylation sites (tertiary alicyclic amines) is 1. The summed E-state index contributed by atoms with van der Waals surface area (Å²) in [7, 11) is 0. The van der Waals surface area contributed by atoms with Gasteiger partial charge in [-0.15, -0.1) is 11.3 Å². The molecular formula is C16H26N2OS. The highest BCUT2D eigenvalue weighted by Crippen LogP contribution is 2.21. The van der Waals surface area contributed by atoms with Gasteiger partial charge in [0.1, 0.15) is 0 Å². The number of nitrogens with zero attached hydrogens (tertiary/aromatic N) is 1. The average Bonchev–Trinajstić information content (AvgIpc) is 2.88. The van der Waals surface area contributed by atoms with E-state index in [-0.39, 0.29) is 11.3 Å². The second kappa shape index (κ2) is 6.27. The van der Waals surface area contributed by atoms with E-state index in [0.717, 1.165) is 30.9 Å². The van der Waals surface area contributed by atoms with Gasteiger partial charge >= 0.3 is 0 Å². The summed E-state index contributed by atoms with van der Waals surface area (Å²) in [5.74, 6) is 0.749. The summed E-state index contributed by atoms with van der Waals surface area (Å²) in [6, 6.07) is 4.28. The van der Waals surface area contributed by atoms with Crippen LogP contribution in [0.15, 0.2) is 17.5 Å². The van der Waals surface area contributed by atoms with Gasteiger partial charge in [-0.05, 0) is 29.2 Å². The molecule has 0 spiro atoms. The minimum absolute atomic E-state index is 0.189. The molecule has 2 heterocycles. The zero-order chi connectivity index (χ0) is 14.8. The molecule has 20 heavy (non-hydrogen) atoms. The van der Waals surface area contributed by atoms with Crippen molar-refractivity contribution in [2.45, 2.75) is 40.2 Å². The fourth-order valence-corrected chi connectivity index (χ4v) is 3.36. The molecular weight excluding hydrogens is 268 g/mol. The Hall–Kier alpha value is -0.870. The third kappa shape index (κ3) is 4.32. The number of carbonyl (C=O) groups excluding carboxylic acids is 1. The van der Waals surface area contributed by atoms with Crippen molar-refractivity contribution >= 4 is 17.2 Å². The first kappa shape index (κ1) is 15.5. The number of rotatable bonds is 3. The lowest BCUT2D eigenvalue weighted by Crippen LogP contribution is -2.51. The molecule has 112 valence electrons. The van der Waals surface area contributed by atoms with Gasteiger partial charge in [0.2, 0.25) is 0 Å². The minimum Gasteiger partial charge on any atom is -0.336 e. The van der Waals surface area contributed by atoms with E-state index < -0.39 is 0 Å². The normalized spacial score (nSPS) is 23.9. The van der Waals surface area contributed by atoms with Crippen molar-refractivity contribution in [3.63, 3.8) is 0 Å². The molecule has 2 unspecified atom stereocenters. The van der Waals surface area contributed by atoms with Crippen molar-refractivity contribution in [2.24, 2.45) is 11.3 Å². The highest BCUT2D eigenvalue weighted by atomic mass is 32.1. The lowest BCUT2D eigenvalue weighted by atomic mass is 9.92. The van der Waals surface area contributed by atoms with Crippen LogP contribution < -0.4 is 5.32 Å². The first-order valence-electron chi connectivity index (χ1n) is 7.41. The number of thiophene rings is 1. The Morgan fingerprint density at radius 1 is 1.45 bits per heavy atom. The van der Waals surface area contributed by atoms with Gasteiger partial charge in [-0.25, -0.2) is 0 Å². The van der Waals surface area contributed by atoms with Gasteiger partial charge in [0, 0.05) is 25.7 Å². The summed E-state index contributed by atoms with van der Waals surface area (Å²) >= 11 is 1.53. The molecule has 1 aromatic rings. The molecule has 1 aliphatic heterocycles. The molecule has 0 radical (unpaired) electrons. The molecule has 2 rings (SSSR count). The fourth-order valence-electron chi connectivity index (χ4n) is 2.67. The standard InChI is InChI=1S/C16H26N2OS/c1-12-8-13(17-11-16(2,3)4)10-18(9-12)15(19)14-6-5-7-20-14/h5-7,12-13,17H,8-11H2,1-4H3. The van der Waals surface area contributed by atoms with E-state index >= 15 is 0 Å². The number of hydrogen-bond acceptors (Lipinski definition) is 3. The predicted molar refractivity (Wildman–Crippen MR) is 85.2 cm³/mol. The predicted octanol–water partition coefficient (Wildman–Crippen LogP) is 3.23. The van der Waals surface area contributed by atoms with Crippen molar-refractivity contribution in [3.8, 4) is 0 Å². The molecule has 3 nitrogen and oxygen atoms in total. The zero-order valence-corrected chi connectivity index (χ0v) is 13.8. The van der Waals surface area contributed by atoms with E-state index in [2.05, 4.69) is 33.0 Å². The maximum atomic E-state index is 12.5. The van der Waals surface area contributed by atoms with Crippen LogP contribution in [-0.2, 0) is 0 Å². The summed E-state index contributed by atoms with van der Waals surface area (Å²) < 4.78 is 0. The topological polar surface area (TPSA) is 32.3 Å². The molecule has 1 saturated heterocycles. The maximum Gasteiger partial charge on any atom is 0.263 e. The van der Waals surface area contributed by atoms with E-state index in [1.165, 1.54) is 11.3 Å². The Bertz CT molecular complexity index is 436. The SMILES string of the molecule is CC1CC(NCC(C)(C)C)CN(C(=O)c2cccs2)C1. The summed E-state index contributed by atoms with van der Waals surface area (Å²) in [5.41, 5.74) is 0.281. The molecule has 0 saturated carbocycles. The van der Waals surface area contributed by atoms with Crippen LogP contribution in [-0.4, -0.2) is 36.5 Å². The third-order valence-electron chi connectivity index (χ3n) is 3.60. The minimum atomic E-state index is 0.189. The zero-order valence-electron chi connectivity index (χ0n) is 13.0. The van der Waals surface area contributed by atoms with Crippen LogP contribution in [0.25, 0.3) is 0 Å². The van der Waals surface area contributed by atoms with Crippen LogP contribution in [0, 0.1) is 11.3 Å². The lowest BCUT2D eigenvalue weighted by Gasteiger charge is -2.38. The quantitative estimate of drug-likeness (QED) is 0.928. The van der Waals surface area contributed by atoms with E-state index in [1.54, 1.807) is 0 Å². The maximum absolute atomic E-state index is 12.5. The first-order chi connectivity index (χ1) is 9.35. The van der Waals surface area contributed by atoms with Gasteiger partial charge in [-0.2, -0.15) is 0 Å². The largest absolute Gasteiger partial charge is 0.336 e. The van der Waals surface area contributed by atoms with Gasteiger partial charge in [0.05, 0.1) is 4.88 Å². The molecule has 1 aromatic heterocycles. The van der Waals surface area contributed by atoms with Crippen molar-refractivity contribution < 1.29 is 4.79 Å². The Balaban J connectivity index is 1.96. The van der Waals surface area contributed by atoms with Gasteiger partial charge in [0.25, 0.3) is 5.91 Å². The highest BCUT2D eigenvalue weighted by Gasteiger charge is 2.29. The third-order valence-corrected chi connectivity index (χ3v) is 4.46. The van der Waals surface area contributed by atoms with Gasteiger partial charge < -0.3 is 10.2 Å². The molecule has 1 fully saturated rings. The van der Waals surface area contributed by atoms with Crippen molar-refractivity contribution in [3.05, 3.63) is 22.4 Å². The summed E-state index contributed by atoms with van der Waals surface area (Å²) in [5, 5.41) is 5.60. The van der Waals surface area contributed by atoms with Crippen molar-refractivity contribution in [1.29, 1.82) is 0 Å². The second-order valence-corrected chi connectivity index (χ2v) is 8.11. The Kier molecular flexibility index (Phi) is 4.86. The number of amides is 1. The van der Waals surface area contributed by atoms with E-state index in [1.807, 2.05) is 22.4 Å². The lowest BCUT2D eigenvalue weighted by molar-refractivity contribution is 0.0640. The number of hydrogen-bond donors (Lipinski definition) is 1. The molecule has 0 bridgehead atoms. The first-order valence-corrected chi connectivity index (χ1v) is 8.29. The molecule has 0 aliphatic carbocycles. The summed E-state index contributed by atoms with van der Waals surface area (Å²) in [4.78, 5) is 15.3. The van der Waals surface area contributed by atoms with E-state index in [0.29, 0.717) is 12.0 Å². The molecule has 1 N–H and O–H groups in total. The average molecular weight is 294 g/mol. The van der Waals surface area contributed by atoms with Crippen LogP contribution in [0.2, 0.25) is 0 Å². The van der Waals surface area contributed by atoms with Crippen LogP contribution >= 0.6 is 11.3 Å². The smallest absolute Gasteiger partial charge is 0.263 e. The Labute approximate surface area is 126 Å². The van der Waals surface area contributed by atoms with Gasteiger partial charge in [-0.1, -0.05) is 33.8 Å². The van der Waals surface area contributed by atoms with Crippen molar-refractivity contribution in [1.82, 2.24) is 10.2 Å². The Morgan fingerprint density at radius 3 is 2.80 bits per heavy atom. The number of carbonyl (C=O) groups is 1. The monoisotopic (exact) mass is 294 g/mol. The summed E-state index contributed by atoms with van der Waals surface area (Å²) in [6.45, 7) is 11.6.